The van der Waals surface area contributed by atoms with Gasteiger partial charge in [0.2, 0.25) is 0 Å². The number of fused-ring (bicyclic) bond motifs is 1. The molecule has 0 bridgehead atoms. The lowest BCUT2D eigenvalue weighted by Gasteiger charge is -2.49. The first-order valence-electron chi connectivity index (χ1n) is 10.4. The molecular weight excluding hydrogens is 565 g/mol. The Balaban J connectivity index is 1.47. The van der Waals surface area contributed by atoms with Crippen molar-refractivity contribution < 1.29 is 34.2 Å². The molecule has 2 aromatic rings. The number of anilines is 1. The maximum absolute atomic E-state index is 13.0. The molecule has 0 aliphatic carbocycles. The van der Waals surface area contributed by atoms with Crippen molar-refractivity contribution in [3.05, 3.63) is 32.9 Å². The summed E-state index contributed by atoms with van der Waals surface area (Å²) < 4.78 is 0.617. The second kappa shape index (κ2) is 11.1. The normalized spacial score (nSPS) is 19.4. The molecule has 2 atom stereocenters. The van der Waals surface area contributed by atoms with Crippen LogP contribution in [0.25, 0.3) is 0 Å². The van der Waals surface area contributed by atoms with Crippen LogP contribution in [-0.2, 0) is 30.4 Å². The van der Waals surface area contributed by atoms with Crippen molar-refractivity contribution in [2.24, 2.45) is 5.16 Å². The first-order chi connectivity index (χ1) is 17.6. The predicted molar refractivity (Wildman–Crippen MR) is 139 cm³/mol. The van der Waals surface area contributed by atoms with Gasteiger partial charge in [-0.25, -0.2) is 14.8 Å². The number of aryl methyl sites for hydroxylation is 1. The molecule has 2 aliphatic heterocycles. The van der Waals surface area contributed by atoms with E-state index in [0.717, 1.165) is 11.3 Å². The average molecular weight is 585 g/mol. The van der Waals surface area contributed by atoms with Gasteiger partial charge >= 0.3 is 11.9 Å². The number of oxime groups is 1. The van der Waals surface area contributed by atoms with Gasteiger partial charge in [-0.1, -0.05) is 16.9 Å². The smallest absolute Gasteiger partial charge is 0.352 e. The van der Waals surface area contributed by atoms with Gasteiger partial charge in [0.05, 0.1) is 12.1 Å². The maximum atomic E-state index is 13.0. The van der Waals surface area contributed by atoms with E-state index in [1.54, 1.807) is 6.92 Å². The molecule has 2 amide bonds. The number of carbonyl (C=O) groups is 4. The molecule has 0 saturated carbocycles. The van der Waals surface area contributed by atoms with Crippen molar-refractivity contribution in [2.75, 3.05) is 24.3 Å². The zero-order valence-corrected chi connectivity index (χ0v) is 22.6. The number of nitrogens with one attached hydrogen (secondary N) is 1. The molecule has 0 radical (unpaired) electrons. The summed E-state index contributed by atoms with van der Waals surface area (Å²) in [5, 5.41) is 26.3. The molecule has 2 aromatic heterocycles. The van der Waals surface area contributed by atoms with Crippen molar-refractivity contribution in [3.63, 3.8) is 0 Å². The lowest BCUT2D eigenvalue weighted by molar-refractivity contribution is -0.150. The van der Waals surface area contributed by atoms with E-state index in [0.29, 0.717) is 26.2 Å². The largest absolute Gasteiger partial charge is 0.481 e. The molecule has 0 aromatic carbocycles. The van der Waals surface area contributed by atoms with Crippen molar-refractivity contribution in [1.82, 2.24) is 20.2 Å². The summed E-state index contributed by atoms with van der Waals surface area (Å²) in [6.45, 7) is 1.72. The molecule has 0 spiro atoms. The number of carboxylic acids is 2. The van der Waals surface area contributed by atoms with Crippen LogP contribution in [-0.4, -0.2) is 84.6 Å². The van der Waals surface area contributed by atoms with E-state index in [4.69, 9.17) is 15.7 Å². The fourth-order valence-electron chi connectivity index (χ4n) is 3.61. The number of rotatable bonds is 10. The third kappa shape index (κ3) is 5.58. The fraction of sp³-hybridized carbons (Fsp3) is 0.350. The Morgan fingerprint density at radius 2 is 2.11 bits per heavy atom. The number of thioether (sulfide) groups is 2. The molecule has 13 nitrogen and oxygen atoms in total. The zero-order valence-electron chi connectivity index (χ0n) is 19.3. The molecule has 0 unspecified atom stereocenters. The molecule has 4 heterocycles. The number of carbonyl (C=O) groups excluding carboxylic acids is 2. The van der Waals surface area contributed by atoms with Gasteiger partial charge in [-0.3, -0.25) is 19.3 Å². The standard InChI is InChI=1S/C20H20N6O7S4/c1-7-10(3-11(27)28)37-20(22-7)36-5-8-4-34-17-13(16(30)26(17)14(8)18(31)32)24-15(29)12(25-33-2)9-6-35-19(21)23-9/h6,13,17H,3-5H2,1-2H3,(H2,21,23)(H,24,29)(H,27,28)(H,31,32)/t13-,17+/m0/s1. The van der Waals surface area contributed by atoms with Gasteiger partial charge in [-0.2, -0.15) is 0 Å². The van der Waals surface area contributed by atoms with Gasteiger partial charge in [-0.15, -0.1) is 34.4 Å². The van der Waals surface area contributed by atoms with Gasteiger partial charge in [0, 0.05) is 21.8 Å². The predicted octanol–water partition coefficient (Wildman–Crippen LogP) is 0.999. The minimum atomic E-state index is -1.25. The summed E-state index contributed by atoms with van der Waals surface area (Å²) in [5.74, 6) is -2.89. The van der Waals surface area contributed by atoms with Gasteiger partial charge in [0.1, 0.15) is 29.9 Å². The molecule has 2 aliphatic rings. The lowest BCUT2D eigenvalue weighted by atomic mass is 10.0. The highest BCUT2D eigenvalue weighted by molar-refractivity contribution is 8.01. The summed E-state index contributed by atoms with van der Waals surface area (Å²) in [7, 11) is 1.26. The highest BCUT2D eigenvalue weighted by atomic mass is 32.2. The summed E-state index contributed by atoms with van der Waals surface area (Å²) >= 11 is 4.98. The summed E-state index contributed by atoms with van der Waals surface area (Å²) in [6, 6.07) is -0.959. The highest BCUT2D eigenvalue weighted by Gasteiger charge is 2.54. The number of hydrogen-bond donors (Lipinski definition) is 4. The van der Waals surface area contributed by atoms with Crippen LogP contribution < -0.4 is 11.1 Å². The van der Waals surface area contributed by atoms with E-state index in [-0.39, 0.29) is 34.4 Å². The third-order valence-corrected chi connectivity index (χ3v) is 9.65. The van der Waals surface area contributed by atoms with Crippen molar-refractivity contribution in [3.8, 4) is 0 Å². The lowest BCUT2D eigenvalue weighted by Crippen LogP contribution is -2.71. The molecule has 4 rings (SSSR count). The second-order valence-corrected chi connectivity index (χ2v) is 12.0. The summed E-state index contributed by atoms with van der Waals surface area (Å²) in [6.07, 6.45) is -0.132. The number of nitrogens with two attached hydrogens (primary N) is 1. The molecule has 37 heavy (non-hydrogen) atoms. The summed E-state index contributed by atoms with van der Waals surface area (Å²) in [5.41, 5.74) is 6.70. The van der Waals surface area contributed by atoms with E-state index < -0.39 is 35.2 Å². The number of thiazole rings is 2. The Labute approximate surface area is 226 Å². The SMILES string of the molecule is CON=C(C(=O)N[C@H]1C(=O)N2C(C(=O)O)=C(CSc3nc(C)c(CC(=O)O)s3)CS[C@H]12)c1csc(N)n1. The van der Waals surface area contributed by atoms with Gasteiger partial charge in [0.15, 0.2) is 15.2 Å². The van der Waals surface area contributed by atoms with E-state index in [9.17, 15) is 24.3 Å². The van der Waals surface area contributed by atoms with Gasteiger partial charge in [0.25, 0.3) is 11.8 Å². The summed E-state index contributed by atoms with van der Waals surface area (Å²) in [4.78, 5) is 63.9. The Bertz CT molecular complexity index is 1340. The maximum Gasteiger partial charge on any atom is 0.352 e. The first kappa shape index (κ1) is 26.9. The van der Waals surface area contributed by atoms with E-state index >= 15 is 0 Å². The van der Waals surface area contributed by atoms with Crippen LogP contribution in [0.2, 0.25) is 0 Å². The monoisotopic (exact) mass is 584 g/mol. The van der Waals surface area contributed by atoms with E-state index in [1.807, 2.05) is 0 Å². The third-order valence-electron chi connectivity index (χ3n) is 5.25. The van der Waals surface area contributed by atoms with Crippen LogP contribution in [0.1, 0.15) is 16.3 Å². The Morgan fingerprint density at radius 3 is 2.73 bits per heavy atom. The van der Waals surface area contributed by atoms with Gasteiger partial charge in [-0.05, 0) is 12.5 Å². The Morgan fingerprint density at radius 1 is 1.35 bits per heavy atom. The fourth-order valence-corrected chi connectivity index (χ4v) is 7.87. The van der Waals surface area contributed by atoms with Crippen LogP contribution in [0.4, 0.5) is 5.13 Å². The Hall–Kier alpha value is -3.15. The van der Waals surface area contributed by atoms with Crippen LogP contribution >= 0.6 is 46.2 Å². The van der Waals surface area contributed by atoms with Crippen LogP contribution in [0.5, 0.6) is 0 Å². The number of amides is 2. The van der Waals surface area contributed by atoms with Crippen molar-refractivity contribution >= 4 is 80.8 Å². The molecule has 17 heteroatoms. The number of nitrogen functional groups attached to an aromatic ring is 1. The molecular formula is C20H20N6O7S4. The van der Waals surface area contributed by atoms with E-state index in [2.05, 4.69) is 20.4 Å². The minimum Gasteiger partial charge on any atom is -0.481 e. The second-order valence-electron chi connectivity index (χ2n) is 7.66. The first-order valence-corrected chi connectivity index (χ1v) is 14.2. The van der Waals surface area contributed by atoms with Crippen molar-refractivity contribution in [1.29, 1.82) is 0 Å². The minimum absolute atomic E-state index is 0.121. The van der Waals surface area contributed by atoms with Gasteiger partial charge < -0.3 is 26.1 Å². The molecule has 196 valence electrons. The zero-order chi connectivity index (χ0) is 26.9. The van der Waals surface area contributed by atoms with E-state index in [1.165, 1.54) is 52.3 Å². The average Bonchev–Trinajstić information content (AvgIpc) is 3.42. The topological polar surface area (TPSA) is 197 Å². The van der Waals surface area contributed by atoms with Crippen LogP contribution in [0.15, 0.2) is 26.1 Å². The Kier molecular flexibility index (Phi) is 8.05. The highest BCUT2D eigenvalue weighted by Crippen LogP contribution is 2.42. The molecule has 1 fully saturated rings. The van der Waals surface area contributed by atoms with Crippen LogP contribution in [0, 0.1) is 6.92 Å². The number of aromatic nitrogens is 2. The van der Waals surface area contributed by atoms with Crippen molar-refractivity contribution in [2.45, 2.75) is 29.1 Å². The number of carboxylic acid groups (broad SMARTS) is 2. The number of aliphatic carboxylic acids is 2. The number of hydrogen-bond acceptors (Lipinski definition) is 13. The quantitative estimate of drug-likeness (QED) is 0.134. The van der Waals surface area contributed by atoms with Crippen LogP contribution in [0.3, 0.4) is 0 Å². The number of β-lactam (4-membered cyclic amide) rings is 1. The molecule has 1 saturated heterocycles. The number of nitrogens with zero attached hydrogens (tertiary/aromatic N) is 4. The molecule has 5 N–H and O–H groups in total.